The quantitative estimate of drug-likeness (QED) is 0.722. The van der Waals surface area contributed by atoms with Crippen molar-refractivity contribution in [2.24, 2.45) is 53.3 Å². The molecule has 4 bridgehead atoms. The van der Waals surface area contributed by atoms with Crippen LogP contribution in [0.15, 0.2) is 0 Å². The van der Waals surface area contributed by atoms with Crippen LogP contribution in [0.2, 0.25) is 0 Å². The van der Waals surface area contributed by atoms with Gasteiger partial charge in [0.25, 0.3) is 0 Å². The van der Waals surface area contributed by atoms with Crippen LogP contribution < -0.4 is 0 Å². The van der Waals surface area contributed by atoms with E-state index in [4.69, 9.17) is 9.47 Å². The molecule has 9 unspecified atom stereocenters. The maximum absolute atomic E-state index is 5.76. The number of hydrogen-bond donors (Lipinski definition) is 0. The zero-order valence-electron chi connectivity index (χ0n) is 14.2. The van der Waals surface area contributed by atoms with Crippen molar-refractivity contribution in [2.75, 3.05) is 13.2 Å². The normalized spacial score (nSPS) is 56.7. The number of hydrogen-bond acceptors (Lipinski definition) is 2. The lowest BCUT2D eigenvalue weighted by molar-refractivity contribution is -0.183. The van der Waals surface area contributed by atoms with Crippen LogP contribution in [0.3, 0.4) is 0 Å². The Morgan fingerprint density at radius 3 is 2.27 bits per heavy atom. The summed E-state index contributed by atoms with van der Waals surface area (Å²) in [6, 6.07) is 0. The lowest BCUT2D eigenvalue weighted by atomic mass is 9.61. The second-order valence-electron chi connectivity index (χ2n) is 9.19. The van der Waals surface area contributed by atoms with Gasteiger partial charge in [0.1, 0.15) is 0 Å². The van der Waals surface area contributed by atoms with Crippen molar-refractivity contribution < 1.29 is 9.47 Å². The Kier molecular flexibility index (Phi) is 3.38. The van der Waals surface area contributed by atoms with Crippen molar-refractivity contribution in [3.05, 3.63) is 0 Å². The molecule has 1 aliphatic heterocycles. The molecule has 1 saturated heterocycles. The van der Waals surface area contributed by atoms with E-state index in [2.05, 4.69) is 13.8 Å². The van der Waals surface area contributed by atoms with Gasteiger partial charge in [-0.2, -0.15) is 0 Å². The lowest BCUT2D eigenvalue weighted by Gasteiger charge is -2.43. The van der Waals surface area contributed by atoms with E-state index in [0.717, 1.165) is 79.3 Å². The molecule has 4 saturated carbocycles. The predicted molar refractivity (Wildman–Crippen MR) is 86.2 cm³/mol. The zero-order chi connectivity index (χ0) is 14.8. The molecular weight excluding hydrogens is 272 g/mol. The van der Waals surface area contributed by atoms with Gasteiger partial charge in [-0.3, -0.25) is 0 Å². The van der Waals surface area contributed by atoms with Gasteiger partial charge in [-0.1, -0.05) is 13.8 Å². The van der Waals surface area contributed by atoms with Crippen molar-refractivity contribution in [1.29, 1.82) is 0 Å². The van der Waals surface area contributed by atoms with Gasteiger partial charge in [-0.15, -0.1) is 0 Å². The van der Waals surface area contributed by atoms with Crippen LogP contribution in [0.1, 0.15) is 52.4 Å². The monoisotopic (exact) mass is 304 g/mol. The van der Waals surface area contributed by atoms with Gasteiger partial charge in [0, 0.05) is 0 Å². The third-order valence-corrected chi connectivity index (χ3v) is 8.65. The molecule has 0 amide bonds. The van der Waals surface area contributed by atoms with E-state index >= 15 is 0 Å². The van der Waals surface area contributed by atoms with E-state index in [-0.39, 0.29) is 6.29 Å². The first-order valence-corrected chi connectivity index (χ1v) is 9.97. The first kappa shape index (κ1) is 14.3. The van der Waals surface area contributed by atoms with Gasteiger partial charge in [-0.25, -0.2) is 0 Å². The van der Waals surface area contributed by atoms with Crippen molar-refractivity contribution in [3.63, 3.8) is 0 Å². The van der Waals surface area contributed by atoms with Crippen LogP contribution >= 0.6 is 0 Å². The lowest BCUT2D eigenvalue weighted by Crippen LogP contribution is -2.39. The van der Waals surface area contributed by atoms with E-state index in [0.29, 0.717) is 0 Å². The molecule has 1 heterocycles. The number of fused-ring (bicyclic) bond motifs is 9. The summed E-state index contributed by atoms with van der Waals surface area (Å²) >= 11 is 0. The van der Waals surface area contributed by atoms with Gasteiger partial charge in [0.15, 0.2) is 6.29 Å². The molecular formula is C20H32O2. The molecule has 0 spiro atoms. The molecule has 2 nitrogen and oxygen atoms in total. The van der Waals surface area contributed by atoms with E-state index in [1.807, 2.05) is 0 Å². The topological polar surface area (TPSA) is 18.5 Å². The molecule has 0 N–H and O–H groups in total. The Bertz CT molecular complexity index is 429. The fraction of sp³-hybridized carbons (Fsp3) is 1.00. The molecule has 0 aromatic rings. The summed E-state index contributed by atoms with van der Waals surface area (Å²) in [6.07, 6.45) is 8.37. The van der Waals surface area contributed by atoms with Crippen LogP contribution in [0, 0.1) is 53.3 Å². The third kappa shape index (κ3) is 1.92. The summed E-state index contributed by atoms with van der Waals surface area (Å²) in [5.41, 5.74) is 0. The van der Waals surface area contributed by atoms with Gasteiger partial charge >= 0.3 is 0 Å². The zero-order valence-corrected chi connectivity index (χ0v) is 14.2. The van der Waals surface area contributed by atoms with Crippen molar-refractivity contribution >= 4 is 0 Å². The highest BCUT2D eigenvalue weighted by Crippen LogP contribution is 2.71. The number of rotatable bonds is 3. The van der Waals surface area contributed by atoms with E-state index < -0.39 is 0 Å². The molecule has 124 valence electrons. The summed E-state index contributed by atoms with van der Waals surface area (Å²) in [7, 11) is 0. The highest BCUT2D eigenvalue weighted by atomic mass is 16.7. The molecule has 0 aromatic heterocycles. The number of ether oxygens (including phenoxy) is 2. The third-order valence-electron chi connectivity index (χ3n) is 8.65. The summed E-state index contributed by atoms with van der Waals surface area (Å²) in [5.74, 6) is 9.52. The van der Waals surface area contributed by atoms with E-state index in [9.17, 15) is 0 Å². The summed E-state index contributed by atoms with van der Waals surface area (Å²) in [4.78, 5) is 0. The minimum atomic E-state index is 0.114. The second kappa shape index (κ2) is 5.21. The van der Waals surface area contributed by atoms with Crippen LogP contribution in [-0.4, -0.2) is 19.5 Å². The first-order chi connectivity index (χ1) is 10.7. The van der Waals surface area contributed by atoms with Crippen LogP contribution in [0.4, 0.5) is 0 Å². The minimum absolute atomic E-state index is 0.114. The predicted octanol–water partition coefficient (Wildman–Crippen LogP) is 4.34. The van der Waals surface area contributed by atoms with Crippen molar-refractivity contribution in [1.82, 2.24) is 0 Å². The van der Waals surface area contributed by atoms with E-state index in [1.54, 1.807) is 12.8 Å². The average Bonchev–Trinajstić information content (AvgIpc) is 3.26. The Labute approximate surface area is 135 Å². The van der Waals surface area contributed by atoms with Gasteiger partial charge < -0.3 is 9.47 Å². The molecule has 4 aliphatic carbocycles. The Hall–Kier alpha value is -0.0800. The molecule has 5 fully saturated rings. The van der Waals surface area contributed by atoms with Crippen molar-refractivity contribution in [2.45, 2.75) is 58.7 Å². The molecule has 2 heteroatoms. The maximum Gasteiger partial charge on any atom is 0.157 e. The molecule has 0 radical (unpaired) electrons. The van der Waals surface area contributed by atoms with Crippen molar-refractivity contribution in [3.8, 4) is 0 Å². The molecule has 5 rings (SSSR count). The Morgan fingerprint density at radius 2 is 1.50 bits per heavy atom. The second-order valence-corrected chi connectivity index (χ2v) is 9.19. The minimum Gasteiger partial charge on any atom is -0.353 e. The maximum atomic E-state index is 5.76. The summed E-state index contributed by atoms with van der Waals surface area (Å²) in [5, 5.41) is 0. The molecule has 9 atom stereocenters. The van der Waals surface area contributed by atoms with Crippen LogP contribution in [-0.2, 0) is 9.47 Å². The molecule has 0 aromatic carbocycles. The van der Waals surface area contributed by atoms with Gasteiger partial charge in [0.05, 0.1) is 13.2 Å². The highest BCUT2D eigenvalue weighted by Gasteiger charge is 2.65. The SMILES string of the molecule is CC1C(C)C2CC1C1C3CC(CCC4OCCCO4)C(C3)C21. The molecule has 22 heavy (non-hydrogen) atoms. The Balaban J connectivity index is 1.25. The van der Waals surface area contributed by atoms with Gasteiger partial charge in [-0.05, 0) is 91.8 Å². The molecule has 5 aliphatic rings. The van der Waals surface area contributed by atoms with Crippen LogP contribution in [0.25, 0.3) is 0 Å². The fourth-order valence-electron chi connectivity index (χ4n) is 7.75. The highest BCUT2D eigenvalue weighted by molar-refractivity contribution is 5.13. The van der Waals surface area contributed by atoms with E-state index in [1.165, 1.54) is 12.8 Å². The summed E-state index contributed by atoms with van der Waals surface area (Å²) < 4.78 is 11.5. The van der Waals surface area contributed by atoms with Crippen LogP contribution in [0.5, 0.6) is 0 Å². The largest absolute Gasteiger partial charge is 0.353 e. The van der Waals surface area contributed by atoms with Gasteiger partial charge in [0.2, 0.25) is 0 Å². The first-order valence-electron chi connectivity index (χ1n) is 9.97. The fourth-order valence-corrected chi connectivity index (χ4v) is 7.75. The standard InChI is InChI=1S/C20H32O2/c1-11-12(2)16-10-15(11)19-14-8-13(17(9-14)20(16)19)4-5-18-21-6-3-7-22-18/h11-20H,3-10H2,1-2H3. The smallest absolute Gasteiger partial charge is 0.157 e. The summed E-state index contributed by atoms with van der Waals surface area (Å²) in [6.45, 7) is 6.92. The Morgan fingerprint density at radius 1 is 0.773 bits per heavy atom. The average molecular weight is 304 g/mol.